The van der Waals surface area contributed by atoms with E-state index in [4.69, 9.17) is 0 Å². The molecule has 34 heavy (non-hydrogen) atoms. The smallest absolute Gasteiger partial charge is 0.337 e. The molecule has 1 aliphatic heterocycles. The third kappa shape index (κ3) is 4.65. The third-order valence-electron chi connectivity index (χ3n) is 6.06. The number of amides is 1. The Morgan fingerprint density at radius 3 is 2.38 bits per heavy atom. The van der Waals surface area contributed by atoms with Gasteiger partial charge in [0, 0.05) is 23.0 Å². The lowest BCUT2D eigenvalue weighted by molar-refractivity contribution is -0.137. The van der Waals surface area contributed by atoms with E-state index >= 15 is 0 Å². The number of hydrogen-bond donors (Lipinski definition) is 3. The lowest BCUT2D eigenvalue weighted by Gasteiger charge is -2.22. The van der Waals surface area contributed by atoms with Gasteiger partial charge in [-0.2, -0.15) is 13.2 Å². The van der Waals surface area contributed by atoms with Crippen molar-refractivity contribution in [2.75, 3.05) is 18.4 Å². The van der Waals surface area contributed by atoms with Crippen LogP contribution in [0.3, 0.4) is 0 Å². The number of rotatable bonds is 4. The number of piperidine rings is 1. The zero-order valence-corrected chi connectivity index (χ0v) is 18.1. The van der Waals surface area contributed by atoms with Gasteiger partial charge in [-0.05, 0) is 92.0 Å². The van der Waals surface area contributed by atoms with E-state index in [0.29, 0.717) is 23.1 Å². The lowest BCUT2D eigenvalue weighted by atomic mass is 9.91. The van der Waals surface area contributed by atoms with Gasteiger partial charge in [-0.3, -0.25) is 4.79 Å². The number of hydrogen-bond acceptors (Lipinski definition) is 4. The molecule has 1 fully saturated rings. The van der Waals surface area contributed by atoms with Gasteiger partial charge in [0.05, 0.1) is 11.1 Å². The summed E-state index contributed by atoms with van der Waals surface area (Å²) in [6.07, 6.45) is -0.351. The first-order valence-electron chi connectivity index (χ1n) is 11.0. The number of carbonyl (C=O) groups is 1. The van der Waals surface area contributed by atoms with Crippen molar-refractivity contribution in [1.82, 2.24) is 20.3 Å². The Balaban J connectivity index is 1.29. The van der Waals surface area contributed by atoms with Gasteiger partial charge in [0.2, 0.25) is 0 Å². The van der Waals surface area contributed by atoms with Crippen LogP contribution < -0.4 is 10.6 Å². The molecule has 0 bridgehead atoms. The predicted molar refractivity (Wildman–Crippen MR) is 124 cm³/mol. The third-order valence-corrected chi connectivity index (χ3v) is 6.06. The molecule has 1 aliphatic rings. The number of pyridine rings is 1. The molecule has 4 aromatic rings. The fraction of sp³-hybridized carbons (Fsp3) is 0.240. The summed E-state index contributed by atoms with van der Waals surface area (Å²) in [5.74, 6) is 0.683. The molecule has 0 aliphatic carbocycles. The zero-order chi connectivity index (χ0) is 23.7. The Kier molecular flexibility index (Phi) is 5.79. The summed E-state index contributed by atoms with van der Waals surface area (Å²) >= 11 is 0. The van der Waals surface area contributed by atoms with Crippen LogP contribution in [0, 0.1) is 0 Å². The van der Waals surface area contributed by atoms with E-state index in [-0.39, 0.29) is 5.56 Å². The number of aromatic nitrogens is 3. The quantitative estimate of drug-likeness (QED) is 0.379. The molecule has 1 amide bonds. The number of H-pyrrole nitrogens is 1. The summed E-state index contributed by atoms with van der Waals surface area (Å²) in [5, 5.41) is 6.07. The van der Waals surface area contributed by atoms with E-state index in [2.05, 4.69) is 31.7 Å². The van der Waals surface area contributed by atoms with Gasteiger partial charge < -0.3 is 15.6 Å². The number of carbonyl (C=O) groups excluding carboxylic acids is 1. The fourth-order valence-corrected chi connectivity index (χ4v) is 4.16. The Bertz CT molecular complexity index is 1310. The molecule has 6 nitrogen and oxygen atoms in total. The maximum Gasteiger partial charge on any atom is 0.416 e. The Hall–Kier alpha value is -3.72. The van der Waals surface area contributed by atoms with Gasteiger partial charge in [0.15, 0.2) is 5.65 Å². The van der Waals surface area contributed by atoms with Crippen molar-refractivity contribution in [3.63, 3.8) is 0 Å². The standard InChI is InChI=1S/C25H22F3N5O/c26-25(27,28)19-5-1-17(2-6-19)24(34)31-20-7-3-16(4-8-20)22-32-21-13-18(14-30-23(21)33-22)15-9-11-29-12-10-15/h1-8,13-15,29H,9-12H2,(H,31,34)(H,30,32,33). The first-order valence-corrected chi connectivity index (χ1v) is 11.0. The van der Waals surface area contributed by atoms with Crippen LogP contribution in [-0.4, -0.2) is 33.9 Å². The summed E-state index contributed by atoms with van der Waals surface area (Å²) < 4.78 is 38.1. The monoisotopic (exact) mass is 465 g/mol. The molecule has 0 spiro atoms. The number of aromatic amines is 1. The Morgan fingerprint density at radius 2 is 1.71 bits per heavy atom. The molecule has 174 valence electrons. The van der Waals surface area contributed by atoms with Crippen LogP contribution in [0.1, 0.15) is 40.2 Å². The zero-order valence-electron chi connectivity index (χ0n) is 18.1. The maximum absolute atomic E-state index is 12.7. The largest absolute Gasteiger partial charge is 0.416 e. The SMILES string of the molecule is O=C(Nc1ccc(-c2nc3ncc(C4CCNCC4)cc3[nH]2)cc1)c1ccc(C(F)(F)F)cc1. The topological polar surface area (TPSA) is 82.7 Å². The number of fused-ring (bicyclic) bond motifs is 1. The van der Waals surface area contributed by atoms with Crippen LogP contribution in [-0.2, 0) is 6.18 Å². The predicted octanol–water partition coefficient (Wildman–Crippen LogP) is 5.36. The van der Waals surface area contributed by atoms with Crippen LogP contribution in [0.25, 0.3) is 22.6 Å². The lowest BCUT2D eigenvalue weighted by Crippen LogP contribution is -2.26. The first-order chi connectivity index (χ1) is 16.4. The summed E-state index contributed by atoms with van der Waals surface area (Å²) in [7, 11) is 0. The molecule has 0 unspecified atom stereocenters. The molecule has 1 saturated heterocycles. The second-order valence-electron chi connectivity index (χ2n) is 8.36. The molecular weight excluding hydrogens is 443 g/mol. The van der Waals surface area contributed by atoms with Crippen molar-refractivity contribution in [1.29, 1.82) is 0 Å². The normalized spacial score (nSPS) is 14.9. The maximum atomic E-state index is 12.7. The first kappa shape index (κ1) is 22.1. The minimum absolute atomic E-state index is 0.144. The number of nitrogens with zero attached hydrogens (tertiary/aromatic N) is 2. The summed E-state index contributed by atoms with van der Waals surface area (Å²) in [6.45, 7) is 2.03. The van der Waals surface area contributed by atoms with Gasteiger partial charge in [-0.1, -0.05) is 0 Å². The Morgan fingerprint density at radius 1 is 1.00 bits per heavy atom. The minimum Gasteiger partial charge on any atom is -0.337 e. The molecule has 9 heteroatoms. The van der Waals surface area contributed by atoms with Crippen molar-refractivity contribution in [2.24, 2.45) is 0 Å². The second kappa shape index (κ2) is 8.90. The minimum atomic E-state index is -4.44. The summed E-state index contributed by atoms with van der Waals surface area (Å²) in [6, 6.07) is 13.3. The van der Waals surface area contributed by atoms with Crippen molar-refractivity contribution in [2.45, 2.75) is 24.9 Å². The highest BCUT2D eigenvalue weighted by Crippen LogP contribution is 2.30. The summed E-state index contributed by atoms with van der Waals surface area (Å²) in [5.41, 5.74) is 3.44. The highest BCUT2D eigenvalue weighted by Gasteiger charge is 2.30. The van der Waals surface area contributed by atoms with Crippen molar-refractivity contribution in [3.8, 4) is 11.4 Å². The van der Waals surface area contributed by atoms with Gasteiger partial charge >= 0.3 is 6.18 Å². The molecular formula is C25H22F3N5O. The van der Waals surface area contributed by atoms with Gasteiger partial charge in [-0.15, -0.1) is 0 Å². The molecule has 5 rings (SSSR count). The van der Waals surface area contributed by atoms with Crippen LogP contribution in [0.5, 0.6) is 0 Å². The van der Waals surface area contributed by atoms with Crippen molar-refractivity contribution in [3.05, 3.63) is 77.5 Å². The Labute approximate surface area is 193 Å². The van der Waals surface area contributed by atoms with E-state index in [1.165, 1.54) is 5.56 Å². The van der Waals surface area contributed by atoms with Gasteiger partial charge in [-0.25, -0.2) is 9.97 Å². The second-order valence-corrected chi connectivity index (χ2v) is 8.36. The van der Waals surface area contributed by atoms with Crippen molar-refractivity contribution >= 4 is 22.8 Å². The van der Waals surface area contributed by atoms with E-state index in [1.807, 2.05) is 18.3 Å². The highest BCUT2D eigenvalue weighted by molar-refractivity contribution is 6.04. The molecule has 3 heterocycles. The average Bonchev–Trinajstić information content (AvgIpc) is 3.28. The molecule has 3 N–H and O–H groups in total. The number of nitrogens with one attached hydrogen (secondary N) is 3. The van der Waals surface area contributed by atoms with Crippen LogP contribution >= 0.6 is 0 Å². The fourth-order valence-electron chi connectivity index (χ4n) is 4.16. The van der Waals surface area contributed by atoms with Crippen LogP contribution in [0.4, 0.5) is 18.9 Å². The van der Waals surface area contributed by atoms with Crippen molar-refractivity contribution < 1.29 is 18.0 Å². The van der Waals surface area contributed by atoms with E-state index < -0.39 is 17.6 Å². The van der Waals surface area contributed by atoms with E-state index in [9.17, 15) is 18.0 Å². The van der Waals surface area contributed by atoms with Gasteiger partial charge in [0.25, 0.3) is 5.91 Å². The summed E-state index contributed by atoms with van der Waals surface area (Å²) in [4.78, 5) is 24.8. The highest BCUT2D eigenvalue weighted by atomic mass is 19.4. The van der Waals surface area contributed by atoms with Crippen LogP contribution in [0.2, 0.25) is 0 Å². The van der Waals surface area contributed by atoms with Gasteiger partial charge in [0.1, 0.15) is 5.82 Å². The number of imidazole rings is 1. The number of halogens is 3. The van der Waals surface area contributed by atoms with E-state index in [0.717, 1.165) is 61.3 Å². The molecule has 0 saturated carbocycles. The van der Waals surface area contributed by atoms with Crippen LogP contribution in [0.15, 0.2) is 60.8 Å². The van der Waals surface area contributed by atoms with E-state index in [1.54, 1.807) is 12.1 Å². The number of benzene rings is 2. The average molecular weight is 465 g/mol. The number of anilines is 1. The number of alkyl halides is 3. The molecule has 0 atom stereocenters. The molecule has 2 aromatic heterocycles. The molecule has 2 aromatic carbocycles. The molecule has 0 radical (unpaired) electrons.